The van der Waals surface area contributed by atoms with Crippen LogP contribution in [-0.2, 0) is 6.42 Å². The third-order valence-corrected chi connectivity index (χ3v) is 4.75. The van der Waals surface area contributed by atoms with E-state index in [-0.39, 0.29) is 0 Å². The van der Waals surface area contributed by atoms with Crippen LogP contribution in [-0.4, -0.2) is 23.1 Å². The molecule has 0 radical (unpaired) electrons. The fourth-order valence-corrected chi connectivity index (χ4v) is 3.34. The molecule has 1 aliphatic rings. The summed E-state index contributed by atoms with van der Waals surface area (Å²) >= 11 is 0. The highest BCUT2D eigenvalue weighted by atomic mass is 15.3. The Morgan fingerprint density at radius 2 is 1.81 bits per heavy atom. The van der Waals surface area contributed by atoms with Gasteiger partial charge < -0.3 is 10.2 Å². The van der Waals surface area contributed by atoms with Gasteiger partial charge in [-0.15, -0.1) is 0 Å². The second kappa shape index (κ2) is 7.56. The van der Waals surface area contributed by atoms with E-state index in [1.54, 1.807) is 0 Å². The van der Waals surface area contributed by atoms with Gasteiger partial charge in [0.25, 0.3) is 0 Å². The molecule has 4 nitrogen and oxygen atoms in total. The minimum absolute atomic E-state index is 0.773. The Kier molecular flexibility index (Phi) is 4.82. The molecular weight excluding hydrogens is 320 g/mol. The molecule has 1 N–H and O–H groups in total. The quantitative estimate of drug-likeness (QED) is 0.635. The van der Waals surface area contributed by atoms with E-state index in [1.165, 1.54) is 11.3 Å². The maximum Gasteiger partial charge on any atom is 0.232 e. The highest BCUT2D eigenvalue weighted by Crippen LogP contribution is 2.34. The topological polar surface area (TPSA) is 41.1 Å². The molecule has 4 rings (SSSR count). The van der Waals surface area contributed by atoms with Crippen LogP contribution in [0.5, 0.6) is 0 Å². The minimum atomic E-state index is 0.773. The van der Waals surface area contributed by atoms with Crippen molar-refractivity contribution < 1.29 is 0 Å². The molecule has 0 unspecified atom stereocenters. The van der Waals surface area contributed by atoms with Gasteiger partial charge in [-0.2, -0.15) is 4.98 Å². The van der Waals surface area contributed by atoms with Gasteiger partial charge in [0.1, 0.15) is 5.82 Å². The van der Waals surface area contributed by atoms with Gasteiger partial charge in [-0.1, -0.05) is 61.9 Å². The fraction of sp³-hybridized carbons (Fsp3) is 0.273. The van der Waals surface area contributed by atoms with E-state index in [2.05, 4.69) is 59.6 Å². The number of para-hydroxylation sites is 1. The Hall–Kier alpha value is -2.88. The summed E-state index contributed by atoms with van der Waals surface area (Å²) in [7, 11) is 0. The van der Waals surface area contributed by atoms with Crippen molar-refractivity contribution in [3.8, 4) is 11.3 Å². The molecular formula is C22H24N4. The molecule has 26 heavy (non-hydrogen) atoms. The van der Waals surface area contributed by atoms with E-state index in [1.807, 2.05) is 18.2 Å². The van der Waals surface area contributed by atoms with Crippen LogP contribution < -0.4 is 10.2 Å². The second-order valence-corrected chi connectivity index (χ2v) is 6.62. The van der Waals surface area contributed by atoms with E-state index < -0.39 is 0 Å². The molecule has 0 bridgehead atoms. The zero-order valence-electron chi connectivity index (χ0n) is 15.2. The van der Waals surface area contributed by atoms with Gasteiger partial charge in [0.05, 0.1) is 5.69 Å². The van der Waals surface area contributed by atoms with Crippen molar-refractivity contribution in [3.05, 3.63) is 66.2 Å². The monoisotopic (exact) mass is 344 g/mol. The van der Waals surface area contributed by atoms with Crippen molar-refractivity contribution in [2.45, 2.75) is 26.2 Å². The molecule has 0 aliphatic carbocycles. The van der Waals surface area contributed by atoms with Crippen LogP contribution in [0.2, 0.25) is 0 Å². The van der Waals surface area contributed by atoms with E-state index in [0.717, 1.165) is 55.4 Å². The van der Waals surface area contributed by atoms with E-state index >= 15 is 0 Å². The molecule has 3 aromatic rings. The van der Waals surface area contributed by atoms with Gasteiger partial charge in [0.15, 0.2) is 0 Å². The summed E-state index contributed by atoms with van der Waals surface area (Å²) in [6.07, 6.45) is 3.33. The SMILES string of the molecule is CCCCNc1cc(-c2ccccc2)nc(N2CCc3ccccc32)n1. The average Bonchev–Trinajstić information content (AvgIpc) is 3.13. The molecule has 1 aromatic heterocycles. The van der Waals surface area contributed by atoms with Crippen molar-refractivity contribution in [2.24, 2.45) is 0 Å². The molecule has 0 atom stereocenters. The standard InChI is InChI=1S/C22H24N4/c1-2-3-14-23-21-16-19(17-9-5-4-6-10-17)24-22(25-21)26-15-13-18-11-7-8-12-20(18)26/h4-12,16H,2-3,13-15H2,1H3,(H,23,24,25). The van der Waals surface area contributed by atoms with Gasteiger partial charge in [0.2, 0.25) is 5.95 Å². The molecule has 4 heteroatoms. The Balaban J connectivity index is 1.73. The number of hydrogen-bond acceptors (Lipinski definition) is 4. The van der Waals surface area contributed by atoms with Gasteiger partial charge >= 0.3 is 0 Å². The summed E-state index contributed by atoms with van der Waals surface area (Å²) in [6.45, 7) is 4.05. The first-order valence-corrected chi connectivity index (χ1v) is 9.39. The van der Waals surface area contributed by atoms with Crippen molar-refractivity contribution in [2.75, 3.05) is 23.3 Å². The Morgan fingerprint density at radius 3 is 2.65 bits per heavy atom. The van der Waals surface area contributed by atoms with E-state index in [0.29, 0.717) is 0 Å². The lowest BCUT2D eigenvalue weighted by atomic mass is 10.1. The summed E-state index contributed by atoms with van der Waals surface area (Å²) in [5.74, 6) is 1.67. The average molecular weight is 344 g/mol. The van der Waals surface area contributed by atoms with Crippen molar-refractivity contribution >= 4 is 17.5 Å². The van der Waals surface area contributed by atoms with Crippen LogP contribution in [0.3, 0.4) is 0 Å². The second-order valence-electron chi connectivity index (χ2n) is 6.62. The summed E-state index contributed by atoms with van der Waals surface area (Å²) < 4.78 is 0. The number of hydrogen-bond donors (Lipinski definition) is 1. The zero-order chi connectivity index (χ0) is 17.8. The number of unbranched alkanes of at least 4 members (excludes halogenated alkanes) is 1. The summed E-state index contributed by atoms with van der Waals surface area (Å²) in [5.41, 5.74) is 4.65. The minimum Gasteiger partial charge on any atom is -0.370 e. The van der Waals surface area contributed by atoms with Crippen LogP contribution in [0.1, 0.15) is 25.3 Å². The van der Waals surface area contributed by atoms with Crippen LogP contribution in [0.4, 0.5) is 17.5 Å². The van der Waals surface area contributed by atoms with Crippen LogP contribution in [0.15, 0.2) is 60.7 Å². The lowest BCUT2D eigenvalue weighted by Crippen LogP contribution is -2.18. The maximum absolute atomic E-state index is 4.89. The molecule has 0 saturated carbocycles. The summed E-state index contributed by atoms with van der Waals surface area (Å²) in [4.78, 5) is 11.9. The van der Waals surface area contributed by atoms with Gasteiger partial charge in [-0.25, -0.2) is 4.98 Å². The predicted octanol–water partition coefficient (Wildman–Crippen LogP) is 5.05. The lowest BCUT2D eigenvalue weighted by molar-refractivity contribution is 0.829. The van der Waals surface area contributed by atoms with Crippen LogP contribution in [0.25, 0.3) is 11.3 Å². The molecule has 2 aromatic carbocycles. The predicted molar refractivity (Wildman–Crippen MR) is 108 cm³/mol. The molecule has 2 heterocycles. The highest BCUT2D eigenvalue weighted by Gasteiger charge is 2.23. The first-order chi connectivity index (χ1) is 12.8. The number of nitrogens with one attached hydrogen (secondary N) is 1. The number of nitrogens with zero attached hydrogens (tertiary/aromatic N) is 3. The molecule has 132 valence electrons. The van der Waals surface area contributed by atoms with Gasteiger partial charge in [-0.3, -0.25) is 0 Å². The highest BCUT2D eigenvalue weighted by molar-refractivity contribution is 5.70. The number of aromatic nitrogens is 2. The van der Waals surface area contributed by atoms with Gasteiger partial charge in [-0.05, 0) is 24.5 Å². The molecule has 0 spiro atoms. The largest absolute Gasteiger partial charge is 0.370 e. The Labute approximate surface area is 154 Å². The summed E-state index contributed by atoms with van der Waals surface area (Å²) in [6, 6.07) is 20.9. The van der Waals surface area contributed by atoms with Gasteiger partial charge in [0, 0.05) is 30.4 Å². The number of rotatable bonds is 6. The normalized spacial score (nSPS) is 12.9. The van der Waals surface area contributed by atoms with Crippen LogP contribution >= 0.6 is 0 Å². The first-order valence-electron chi connectivity index (χ1n) is 9.39. The Morgan fingerprint density at radius 1 is 1.00 bits per heavy atom. The van der Waals surface area contributed by atoms with Crippen molar-refractivity contribution in [1.29, 1.82) is 0 Å². The smallest absolute Gasteiger partial charge is 0.232 e. The third-order valence-electron chi connectivity index (χ3n) is 4.75. The Bertz CT molecular complexity index is 876. The lowest BCUT2D eigenvalue weighted by Gasteiger charge is -2.19. The summed E-state index contributed by atoms with van der Waals surface area (Å²) in [5, 5.41) is 3.47. The number of benzene rings is 2. The van der Waals surface area contributed by atoms with E-state index in [4.69, 9.17) is 9.97 Å². The first kappa shape index (κ1) is 16.6. The fourth-order valence-electron chi connectivity index (χ4n) is 3.34. The van der Waals surface area contributed by atoms with Crippen molar-refractivity contribution in [3.63, 3.8) is 0 Å². The molecule has 0 fully saturated rings. The molecule has 1 aliphatic heterocycles. The molecule has 0 saturated heterocycles. The molecule has 0 amide bonds. The maximum atomic E-state index is 4.89. The number of anilines is 3. The van der Waals surface area contributed by atoms with E-state index in [9.17, 15) is 0 Å². The van der Waals surface area contributed by atoms with Crippen LogP contribution in [0, 0.1) is 0 Å². The number of fused-ring (bicyclic) bond motifs is 1. The third kappa shape index (κ3) is 3.40. The van der Waals surface area contributed by atoms with Crippen molar-refractivity contribution in [1.82, 2.24) is 9.97 Å². The zero-order valence-corrected chi connectivity index (χ0v) is 15.2.